The molecule has 80 valence electrons. The van der Waals surface area contributed by atoms with E-state index in [1.54, 1.807) is 0 Å². The molecular weight excluding hydrogens is 368 g/mol. The molecule has 0 spiro atoms. The van der Waals surface area contributed by atoms with Gasteiger partial charge in [-0.1, -0.05) is 20.8 Å². The van der Waals surface area contributed by atoms with Crippen LogP contribution in [0.4, 0.5) is 0 Å². The van der Waals surface area contributed by atoms with Gasteiger partial charge in [-0.3, -0.25) is 0 Å². The Hall–Kier alpha value is 1.52. The second-order valence-corrected chi connectivity index (χ2v) is 8.11. The van der Waals surface area contributed by atoms with E-state index in [2.05, 4.69) is 47.4 Å². The largest absolute Gasteiger partial charge is 0.108 e. The third-order valence-electron chi connectivity index (χ3n) is 1.61. The Morgan fingerprint density at radius 3 is 1.42 bits per heavy atom. The fraction of sp³-hybridized carbons (Fsp3) is 1.00. The van der Waals surface area contributed by atoms with Gasteiger partial charge in [-0.05, 0) is 18.5 Å². The summed E-state index contributed by atoms with van der Waals surface area (Å²) in [5, 5.41) is 0. The SMILES string of the molecule is CCC[S][Au].CCP(CC)CC. The van der Waals surface area contributed by atoms with Crippen molar-refractivity contribution < 1.29 is 19.7 Å². The topological polar surface area (TPSA) is 0 Å². The average molecular weight is 390 g/mol. The molecule has 0 heterocycles. The minimum absolute atomic E-state index is 0.446. The van der Waals surface area contributed by atoms with E-state index in [4.69, 9.17) is 0 Å². The fourth-order valence-corrected chi connectivity index (χ4v) is 3.52. The van der Waals surface area contributed by atoms with Gasteiger partial charge in [0.25, 0.3) is 0 Å². The minimum Gasteiger partial charge on any atom is -0.108 e. The standard InChI is InChI=1S/C6H15P.C3H8S.Au/c1-4-7(5-2)6-3;1-2-3-4;/h4-6H2,1-3H3;4H,2-3H2,1H3;/q;;+1/p-1. The Bertz CT molecular complexity index is 60.0. The van der Waals surface area contributed by atoms with Gasteiger partial charge in [-0.2, -0.15) is 0 Å². The number of hydrogen-bond acceptors (Lipinski definition) is 1. The molecule has 0 aromatic rings. The summed E-state index contributed by atoms with van der Waals surface area (Å²) in [5.74, 6) is 1.28. The minimum atomic E-state index is 0.446. The molecule has 0 unspecified atom stereocenters. The van der Waals surface area contributed by atoms with Gasteiger partial charge in [-0.25, -0.2) is 0 Å². The van der Waals surface area contributed by atoms with Gasteiger partial charge in [0.1, 0.15) is 0 Å². The molecule has 12 heavy (non-hydrogen) atoms. The first-order chi connectivity index (χ1) is 5.76. The van der Waals surface area contributed by atoms with Crippen LogP contribution in [0, 0.1) is 0 Å². The molecule has 0 rings (SSSR count). The van der Waals surface area contributed by atoms with Gasteiger partial charge >= 0.3 is 48.1 Å². The molecule has 0 aromatic heterocycles. The molecule has 0 aromatic carbocycles. The second kappa shape index (κ2) is 15.0. The molecule has 0 nitrogen and oxygen atoms in total. The van der Waals surface area contributed by atoms with Gasteiger partial charge in [0.2, 0.25) is 0 Å². The predicted molar refractivity (Wildman–Crippen MR) is 61.3 cm³/mol. The first-order valence-electron chi connectivity index (χ1n) is 4.69. The van der Waals surface area contributed by atoms with Crippen molar-refractivity contribution in [1.29, 1.82) is 0 Å². The Kier molecular flexibility index (Phi) is 20.0. The van der Waals surface area contributed by atoms with Gasteiger partial charge in [0, 0.05) is 0 Å². The van der Waals surface area contributed by atoms with Crippen molar-refractivity contribution in [3.8, 4) is 0 Å². The first-order valence-corrected chi connectivity index (χ1v) is 10.1. The summed E-state index contributed by atoms with van der Waals surface area (Å²) in [6, 6.07) is 0. The molecule has 0 amide bonds. The molecule has 0 fully saturated rings. The molecule has 3 heteroatoms. The summed E-state index contributed by atoms with van der Waals surface area (Å²) in [6.45, 7) is 9.05. The van der Waals surface area contributed by atoms with E-state index in [-0.39, 0.29) is 0 Å². The molecule has 0 N–H and O–H groups in total. The van der Waals surface area contributed by atoms with Crippen LogP contribution in [-0.4, -0.2) is 24.2 Å². The molecule has 0 radical (unpaired) electrons. The summed E-state index contributed by atoms with van der Waals surface area (Å²) in [4.78, 5) is 0. The third-order valence-corrected chi connectivity index (χ3v) is 6.15. The number of hydrogen-bond donors (Lipinski definition) is 0. The van der Waals surface area contributed by atoms with E-state index in [0.29, 0.717) is 7.92 Å². The monoisotopic (exact) mass is 390 g/mol. The Morgan fingerprint density at radius 2 is 1.42 bits per heavy atom. The van der Waals surface area contributed by atoms with Gasteiger partial charge in [-0.15, -0.1) is 7.92 Å². The Labute approximate surface area is 94.9 Å². The van der Waals surface area contributed by atoms with Gasteiger partial charge in [0.15, 0.2) is 0 Å². The molecule has 0 aliphatic carbocycles. The van der Waals surface area contributed by atoms with Crippen LogP contribution in [-0.2, 0) is 19.7 Å². The van der Waals surface area contributed by atoms with E-state index in [1.807, 2.05) is 9.23 Å². The summed E-state index contributed by atoms with van der Waals surface area (Å²) >= 11 is 2.45. The van der Waals surface area contributed by atoms with Crippen LogP contribution in [0.5, 0.6) is 0 Å². The molecule has 0 saturated carbocycles. The zero-order valence-corrected chi connectivity index (χ0v) is 12.6. The van der Waals surface area contributed by atoms with Crippen LogP contribution < -0.4 is 0 Å². The fourth-order valence-electron chi connectivity index (χ4n) is 0.732. The summed E-state index contributed by atoms with van der Waals surface area (Å²) < 4.78 is 0. The van der Waals surface area contributed by atoms with Crippen molar-refractivity contribution in [1.82, 2.24) is 0 Å². The smallest absolute Gasteiger partial charge is 0.0355 e. The third kappa shape index (κ3) is 14.1. The van der Waals surface area contributed by atoms with Crippen LogP contribution in [0.2, 0.25) is 0 Å². The molecular formula is C9H22AuPS. The molecule has 0 bridgehead atoms. The van der Waals surface area contributed by atoms with Crippen molar-refractivity contribution in [2.75, 3.05) is 24.2 Å². The van der Waals surface area contributed by atoms with Crippen molar-refractivity contribution in [3.05, 3.63) is 0 Å². The molecule has 0 aliphatic rings. The predicted octanol–water partition coefficient (Wildman–Crippen LogP) is 4.12. The average Bonchev–Trinajstić information content (AvgIpc) is 2.10. The molecule has 0 saturated heterocycles. The van der Waals surface area contributed by atoms with E-state index < -0.39 is 0 Å². The van der Waals surface area contributed by atoms with Crippen molar-refractivity contribution in [2.24, 2.45) is 0 Å². The first kappa shape index (κ1) is 16.0. The van der Waals surface area contributed by atoms with Crippen LogP contribution in [0.15, 0.2) is 0 Å². The van der Waals surface area contributed by atoms with Crippen LogP contribution in [0.25, 0.3) is 0 Å². The maximum atomic E-state index is 2.45. The Morgan fingerprint density at radius 1 is 1.00 bits per heavy atom. The maximum absolute atomic E-state index is 2.45. The van der Waals surface area contributed by atoms with Crippen LogP contribution >= 0.6 is 17.1 Å². The van der Waals surface area contributed by atoms with E-state index in [0.717, 1.165) is 0 Å². The van der Waals surface area contributed by atoms with Gasteiger partial charge < -0.3 is 0 Å². The van der Waals surface area contributed by atoms with Crippen molar-refractivity contribution in [2.45, 2.75) is 34.1 Å². The molecule has 0 aliphatic heterocycles. The zero-order chi connectivity index (χ0) is 9.82. The van der Waals surface area contributed by atoms with Crippen LogP contribution in [0.1, 0.15) is 34.1 Å². The van der Waals surface area contributed by atoms with Gasteiger partial charge in [0.05, 0.1) is 0 Å². The van der Waals surface area contributed by atoms with E-state index >= 15 is 0 Å². The van der Waals surface area contributed by atoms with Crippen molar-refractivity contribution >= 4 is 17.1 Å². The van der Waals surface area contributed by atoms with Crippen molar-refractivity contribution in [3.63, 3.8) is 0 Å². The summed E-state index contributed by atoms with van der Waals surface area (Å²) in [5.41, 5.74) is 0. The normalized spacial score (nSPS) is 9.58. The summed E-state index contributed by atoms with van der Waals surface area (Å²) in [7, 11) is 2.29. The Balaban J connectivity index is 0. The summed E-state index contributed by atoms with van der Waals surface area (Å²) in [6.07, 6.45) is 5.55. The zero-order valence-electron chi connectivity index (χ0n) is 8.69. The van der Waals surface area contributed by atoms with Crippen LogP contribution in [0.3, 0.4) is 0 Å². The second-order valence-electron chi connectivity index (χ2n) is 2.41. The van der Waals surface area contributed by atoms with E-state index in [1.165, 1.54) is 30.7 Å². The quantitative estimate of drug-likeness (QED) is 0.503. The van der Waals surface area contributed by atoms with E-state index in [9.17, 15) is 0 Å². The maximum Gasteiger partial charge on any atom is -0.0355 e. The molecule has 0 atom stereocenters. The number of rotatable bonds is 5.